The molecule has 0 saturated heterocycles. The average Bonchev–Trinajstić information content (AvgIpc) is 2.88. The van der Waals surface area contributed by atoms with Crippen molar-refractivity contribution in [1.29, 1.82) is 0 Å². The summed E-state index contributed by atoms with van der Waals surface area (Å²) in [6.45, 7) is 7.99. The van der Waals surface area contributed by atoms with Crippen molar-refractivity contribution in [3.63, 3.8) is 0 Å². The van der Waals surface area contributed by atoms with Crippen LogP contribution in [0, 0.1) is 6.92 Å². The van der Waals surface area contributed by atoms with E-state index in [1.54, 1.807) is 6.07 Å². The number of aromatic nitrogens is 1. The Labute approximate surface area is 136 Å². The normalized spacial score (nSPS) is 8.86. The lowest BCUT2D eigenvalue weighted by Gasteiger charge is -1.99. The number of carbonyl (C=O) groups excluding carboxylic acids is 1. The molecule has 0 aliphatic rings. The van der Waals surface area contributed by atoms with Gasteiger partial charge in [-0.3, -0.25) is 4.79 Å². The van der Waals surface area contributed by atoms with Crippen molar-refractivity contribution >= 4 is 35.0 Å². The van der Waals surface area contributed by atoms with Gasteiger partial charge in [0.05, 0.1) is 9.90 Å². The van der Waals surface area contributed by atoms with E-state index in [0.29, 0.717) is 9.90 Å². The summed E-state index contributed by atoms with van der Waals surface area (Å²) >= 11 is 7.07. The first-order valence-electron chi connectivity index (χ1n) is 6.95. The lowest BCUT2D eigenvalue weighted by Crippen LogP contribution is -1.94. The van der Waals surface area contributed by atoms with Crippen molar-refractivity contribution < 1.29 is 4.79 Å². The molecule has 2 aromatic heterocycles. The van der Waals surface area contributed by atoms with E-state index in [0.717, 1.165) is 29.1 Å². The highest BCUT2D eigenvalue weighted by Crippen LogP contribution is 2.24. The molecule has 0 radical (unpaired) electrons. The Bertz CT molecular complexity index is 502. The van der Waals surface area contributed by atoms with Crippen LogP contribution in [0.25, 0.3) is 0 Å². The number of halogens is 1. The van der Waals surface area contributed by atoms with Crippen LogP contribution >= 0.6 is 22.9 Å². The number of pyridine rings is 1. The molecule has 21 heavy (non-hydrogen) atoms. The fourth-order valence-electron chi connectivity index (χ4n) is 1.36. The van der Waals surface area contributed by atoms with Crippen LogP contribution in [0.15, 0.2) is 24.3 Å². The molecule has 1 N–H and O–H groups in total. The number of anilines is 1. The van der Waals surface area contributed by atoms with Gasteiger partial charge in [-0.2, -0.15) is 0 Å². The van der Waals surface area contributed by atoms with Crippen LogP contribution < -0.4 is 5.32 Å². The molecule has 0 bridgehead atoms. The largest absolute Gasteiger partial charge is 0.373 e. The summed E-state index contributed by atoms with van der Waals surface area (Å²) in [7, 11) is 1.88. The van der Waals surface area contributed by atoms with Crippen LogP contribution in [-0.4, -0.2) is 18.3 Å². The Morgan fingerprint density at radius 2 is 2.05 bits per heavy atom. The highest BCUT2D eigenvalue weighted by Gasteiger charge is 1.99. The van der Waals surface area contributed by atoms with Gasteiger partial charge in [0.2, 0.25) is 0 Å². The monoisotopic (exact) mass is 326 g/mol. The van der Waals surface area contributed by atoms with Gasteiger partial charge in [-0.25, -0.2) is 4.98 Å². The number of aryl methyl sites for hydroxylation is 2. The third-order valence-electron chi connectivity index (χ3n) is 2.42. The van der Waals surface area contributed by atoms with E-state index in [1.807, 2.05) is 46.0 Å². The summed E-state index contributed by atoms with van der Waals surface area (Å²) in [5.74, 6) is 0.944. The number of hydrogen-bond donors (Lipinski definition) is 1. The van der Waals surface area contributed by atoms with Gasteiger partial charge in [0.15, 0.2) is 6.29 Å². The summed E-state index contributed by atoms with van der Waals surface area (Å²) < 4.78 is 0. The highest BCUT2D eigenvalue weighted by atomic mass is 35.5. The SMILES string of the molecule is CC.CCc1cccc(NC)n1.Cc1sc(C=O)cc1Cl. The maximum Gasteiger partial charge on any atom is 0.160 e. The summed E-state index contributed by atoms with van der Waals surface area (Å²) in [6, 6.07) is 7.67. The van der Waals surface area contributed by atoms with Gasteiger partial charge in [0.1, 0.15) is 5.82 Å². The molecule has 0 fully saturated rings. The number of rotatable bonds is 3. The number of carbonyl (C=O) groups is 1. The second-order valence-electron chi connectivity index (χ2n) is 3.79. The highest BCUT2D eigenvalue weighted by molar-refractivity contribution is 7.14. The second-order valence-corrected chi connectivity index (χ2v) is 5.48. The summed E-state index contributed by atoms with van der Waals surface area (Å²) in [5.41, 5.74) is 1.13. The molecule has 2 rings (SSSR count). The van der Waals surface area contributed by atoms with Gasteiger partial charge in [-0.15, -0.1) is 11.3 Å². The zero-order valence-electron chi connectivity index (χ0n) is 13.2. The lowest BCUT2D eigenvalue weighted by molar-refractivity contribution is 0.112. The molecular formula is C16H23ClN2OS. The van der Waals surface area contributed by atoms with Crippen LogP contribution in [0.4, 0.5) is 5.82 Å². The van der Waals surface area contributed by atoms with E-state index in [9.17, 15) is 4.79 Å². The van der Waals surface area contributed by atoms with Crippen molar-refractivity contribution in [3.8, 4) is 0 Å². The molecule has 0 unspecified atom stereocenters. The zero-order valence-corrected chi connectivity index (χ0v) is 14.8. The van der Waals surface area contributed by atoms with Crippen molar-refractivity contribution in [3.05, 3.63) is 44.7 Å². The van der Waals surface area contributed by atoms with E-state index >= 15 is 0 Å². The minimum Gasteiger partial charge on any atom is -0.373 e. The maximum atomic E-state index is 10.1. The topological polar surface area (TPSA) is 42.0 Å². The van der Waals surface area contributed by atoms with E-state index in [-0.39, 0.29) is 0 Å². The number of nitrogens with zero attached hydrogens (tertiary/aromatic N) is 1. The van der Waals surface area contributed by atoms with Crippen molar-refractivity contribution in [1.82, 2.24) is 4.98 Å². The van der Waals surface area contributed by atoms with E-state index in [2.05, 4.69) is 17.2 Å². The standard InChI is InChI=1S/C8H12N2.C6H5ClOS.C2H6/c1-3-7-5-4-6-8(9-2)10-7;1-4-6(7)2-5(3-8)9-4;1-2/h4-6H,3H2,1-2H3,(H,9,10);2-3H,1H3;1-2H3. The van der Waals surface area contributed by atoms with Crippen molar-refractivity contribution in [2.24, 2.45) is 0 Å². The Hall–Kier alpha value is -1.39. The third kappa shape index (κ3) is 7.25. The fourth-order valence-corrected chi connectivity index (χ4v) is 2.39. The molecule has 0 aliphatic heterocycles. The smallest absolute Gasteiger partial charge is 0.160 e. The van der Waals surface area contributed by atoms with Gasteiger partial charge in [0, 0.05) is 17.6 Å². The van der Waals surface area contributed by atoms with E-state index in [1.165, 1.54) is 11.3 Å². The first kappa shape index (κ1) is 19.6. The predicted octanol–water partition coefficient (Wildman–Crippen LogP) is 5.23. The molecular weight excluding hydrogens is 304 g/mol. The fraction of sp³-hybridized carbons (Fsp3) is 0.375. The minimum absolute atomic E-state index is 0.683. The molecule has 2 heterocycles. The molecule has 0 saturated carbocycles. The first-order valence-corrected chi connectivity index (χ1v) is 8.15. The molecule has 3 nitrogen and oxygen atoms in total. The Morgan fingerprint density at radius 1 is 1.38 bits per heavy atom. The van der Waals surface area contributed by atoms with Crippen LogP contribution in [-0.2, 0) is 6.42 Å². The molecule has 0 atom stereocenters. The number of thiophene rings is 1. The molecule has 0 amide bonds. The molecule has 116 valence electrons. The van der Waals surface area contributed by atoms with Gasteiger partial charge < -0.3 is 5.32 Å². The second kappa shape index (κ2) is 11.3. The van der Waals surface area contributed by atoms with Gasteiger partial charge in [-0.05, 0) is 31.5 Å². The van der Waals surface area contributed by atoms with Gasteiger partial charge in [0.25, 0.3) is 0 Å². The quantitative estimate of drug-likeness (QED) is 0.785. The minimum atomic E-state index is 0.683. The molecule has 5 heteroatoms. The van der Waals surface area contributed by atoms with Crippen LogP contribution in [0.2, 0.25) is 5.02 Å². The Balaban J connectivity index is 0.000000342. The summed E-state index contributed by atoms with van der Waals surface area (Å²) in [5, 5.41) is 3.67. The van der Waals surface area contributed by atoms with Crippen LogP contribution in [0.1, 0.15) is 41.0 Å². The summed E-state index contributed by atoms with van der Waals surface area (Å²) in [4.78, 5) is 16.1. The van der Waals surface area contributed by atoms with E-state index in [4.69, 9.17) is 11.6 Å². The number of nitrogens with one attached hydrogen (secondary N) is 1. The molecule has 2 aromatic rings. The maximum absolute atomic E-state index is 10.1. The van der Waals surface area contributed by atoms with Crippen LogP contribution in [0.3, 0.4) is 0 Å². The zero-order chi connectivity index (χ0) is 16.3. The van der Waals surface area contributed by atoms with Crippen molar-refractivity contribution in [2.45, 2.75) is 34.1 Å². The van der Waals surface area contributed by atoms with E-state index < -0.39 is 0 Å². The van der Waals surface area contributed by atoms with Gasteiger partial charge >= 0.3 is 0 Å². The Morgan fingerprint density at radius 3 is 2.43 bits per heavy atom. The third-order valence-corrected chi connectivity index (χ3v) is 3.90. The molecule has 0 aromatic carbocycles. The molecule has 0 aliphatic carbocycles. The number of hydrogen-bond acceptors (Lipinski definition) is 4. The Kier molecular flexibility index (Phi) is 10.5. The lowest BCUT2D eigenvalue weighted by atomic mass is 10.3. The van der Waals surface area contributed by atoms with Gasteiger partial charge in [-0.1, -0.05) is 38.4 Å². The number of aldehydes is 1. The molecule has 0 spiro atoms. The summed E-state index contributed by atoms with van der Waals surface area (Å²) in [6.07, 6.45) is 1.80. The predicted molar refractivity (Wildman–Crippen MR) is 94.0 cm³/mol. The van der Waals surface area contributed by atoms with Crippen LogP contribution in [0.5, 0.6) is 0 Å². The average molecular weight is 327 g/mol. The van der Waals surface area contributed by atoms with Crippen molar-refractivity contribution in [2.75, 3.05) is 12.4 Å². The first-order chi connectivity index (χ1) is 10.1.